The Morgan fingerprint density at radius 3 is 2.83 bits per heavy atom. The zero-order chi connectivity index (χ0) is 12.5. The van der Waals surface area contributed by atoms with Gasteiger partial charge in [0.15, 0.2) is 0 Å². The summed E-state index contributed by atoms with van der Waals surface area (Å²) >= 11 is 1.63. The molecule has 0 aliphatic carbocycles. The molecule has 0 saturated carbocycles. The molecule has 3 aromatic rings. The zero-order valence-corrected chi connectivity index (χ0v) is 10.6. The maximum Gasteiger partial charge on any atom is 0.268 e. The van der Waals surface area contributed by atoms with Crippen LogP contribution in [0, 0.1) is 6.92 Å². The number of nitrogens with zero attached hydrogens (tertiary/aromatic N) is 2. The lowest BCUT2D eigenvalue weighted by Gasteiger charge is -1.95. The van der Waals surface area contributed by atoms with Crippen LogP contribution in [-0.4, -0.2) is 10.1 Å². The van der Waals surface area contributed by atoms with Gasteiger partial charge in [0.2, 0.25) is 5.82 Å². The highest BCUT2D eigenvalue weighted by Crippen LogP contribution is 2.28. The van der Waals surface area contributed by atoms with Gasteiger partial charge in [0.25, 0.3) is 5.89 Å². The Hall–Kier alpha value is -2.14. The highest BCUT2D eigenvalue weighted by atomic mass is 32.1. The van der Waals surface area contributed by atoms with E-state index in [0.29, 0.717) is 17.4 Å². The minimum Gasteiger partial charge on any atom is -0.399 e. The zero-order valence-electron chi connectivity index (χ0n) is 9.75. The van der Waals surface area contributed by atoms with E-state index in [2.05, 4.69) is 10.1 Å². The summed E-state index contributed by atoms with van der Waals surface area (Å²) in [4.78, 5) is 6.58. The summed E-state index contributed by atoms with van der Waals surface area (Å²) in [7, 11) is 0. The van der Waals surface area contributed by atoms with Crippen molar-refractivity contribution in [3.8, 4) is 22.2 Å². The van der Waals surface area contributed by atoms with Crippen molar-refractivity contribution in [1.82, 2.24) is 10.1 Å². The summed E-state index contributed by atoms with van der Waals surface area (Å²) in [6.45, 7) is 2.04. The standard InChI is InChI=1S/C13H11N3OS/c1-8-5-6-11(18-8)13-15-12(16-17-13)9-3-2-4-10(14)7-9/h2-7H,14H2,1H3. The summed E-state index contributed by atoms with van der Waals surface area (Å²) in [6.07, 6.45) is 0. The van der Waals surface area contributed by atoms with Crippen LogP contribution in [0.1, 0.15) is 4.88 Å². The van der Waals surface area contributed by atoms with E-state index in [1.54, 1.807) is 11.3 Å². The molecule has 0 spiro atoms. The molecule has 0 bridgehead atoms. The maximum atomic E-state index is 5.73. The number of benzene rings is 1. The molecule has 0 aliphatic heterocycles. The largest absolute Gasteiger partial charge is 0.399 e. The molecule has 0 amide bonds. The van der Waals surface area contributed by atoms with E-state index in [4.69, 9.17) is 10.3 Å². The molecule has 5 heteroatoms. The molecule has 2 N–H and O–H groups in total. The van der Waals surface area contributed by atoms with Crippen LogP contribution in [-0.2, 0) is 0 Å². The van der Waals surface area contributed by atoms with Crippen molar-refractivity contribution in [1.29, 1.82) is 0 Å². The minimum absolute atomic E-state index is 0.547. The summed E-state index contributed by atoms with van der Waals surface area (Å²) in [5.74, 6) is 1.11. The summed E-state index contributed by atoms with van der Waals surface area (Å²) in [5, 5.41) is 3.98. The molecule has 0 radical (unpaired) electrons. The highest BCUT2D eigenvalue weighted by Gasteiger charge is 2.11. The monoisotopic (exact) mass is 257 g/mol. The molecule has 2 aromatic heterocycles. The van der Waals surface area contributed by atoms with Gasteiger partial charge in [-0.1, -0.05) is 17.3 Å². The predicted octanol–water partition coefficient (Wildman–Crippen LogP) is 3.36. The Kier molecular flexibility index (Phi) is 2.60. The SMILES string of the molecule is Cc1ccc(-c2nc(-c3cccc(N)c3)no2)s1. The lowest BCUT2D eigenvalue weighted by Crippen LogP contribution is -1.86. The Morgan fingerprint density at radius 2 is 2.11 bits per heavy atom. The lowest BCUT2D eigenvalue weighted by atomic mass is 10.2. The van der Waals surface area contributed by atoms with Gasteiger partial charge in [-0.3, -0.25) is 0 Å². The van der Waals surface area contributed by atoms with Crippen LogP contribution in [0.5, 0.6) is 0 Å². The van der Waals surface area contributed by atoms with Gasteiger partial charge in [-0.15, -0.1) is 11.3 Å². The Labute approximate surface area is 108 Å². The van der Waals surface area contributed by atoms with Crippen LogP contribution in [0.25, 0.3) is 22.2 Å². The molecule has 0 saturated heterocycles. The molecule has 90 valence electrons. The van der Waals surface area contributed by atoms with Crippen molar-refractivity contribution < 1.29 is 4.52 Å². The van der Waals surface area contributed by atoms with E-state index >= 15 is 0 Å². The Morgan fingerprint density at radius 1 is 1.22 bits per heavy atom. The number of aromatic nitrogens is 2. The Balaban J connectivity index is 1.99. The van der Waals surface area contributed by atoms with E-state index < -0.39 is 0 Å². The highest BCUT2D eigenvalue weighted by molar-refractivity contribution is 7.15. The summed E-state index contributed by atoms with van der Waals surface area (Å²) < 4.78 is 5.27. The molecular weight excluding hydrogens is 246 g/mol. The van der Waals surface area contributed by atoms with Gasteiger partial charge in [-0.25, -0.2) is 0 Å². The second-order valence-electron chi connectivity index (χ2n) is 3.96. The normalized spacial score (nSPS) is 10.7. The van der Waals surface area contributed by atoms with E-state index in [-0.39, 0.29) is 0 Å². The van der Waals surface area contributed by atoms with Crippen molar-refractivity contribution in [2.24, 2.45) is 0 Å². The first kappa shape index (κ1) is 11.0. The number of nitrogens with two attached hydrogens (primary N) is 1. The molecule has 0 fully saturated rings. The van der Waals surface area contributed by atoms with Crippen LogP contribution < -0.4 is 5.73 Å². The molecule has 1 aromatic carbocycles. The van der Waals surface area contributed by atoms with Crippen LogP contribution >= 0.6 is 11.3 Å². The fraction of sp³-hybridized carbons (Fsp3) is 0.0769. The molecule has 0 aliphatic rings. The average Bonchev–Trinajstić information content (AvgIpc) is 2.97. The molecular formula is C13H11N3OS. The van der Waals surface area contributed by atoms with E-state index in [1.807, 2.05) is 43.3 Å². The van der Waals surface area contributed by atoms with Crippen molar-refractivity contribution in [2.75, 3.05) is 5.73 Å². The summed E-state index contributed by atoms with van der Waals surface area (Å²) in [6, 6.07) is 11.4. The molecule has 3 rings (SSSR count). The van der Waals surface area contributed by atoms with Gasteiger partial charge in [-0.2, -0.15) is 4.98 Å². The number of hydrogen-bond donors (Lipinski definition) is 1. The van der Waals surface area contributed by atoms with Crippen LogP contribution in [0.4, 0.5) is 5.69 Å². The minimum atomic E-state index is 0.547. The van der Waals surface area contributed by atoms with Crippen molar-refractivity contribution >= 4 is 17.0 Å². The molecule has 4 nitrogen and oxygen atoms in total. The molecule has 18 heavy (non-hydrogen) atoms. The first-order chi connectivity index (χ1) is 8.72. The van der Waals surface area contributed by atoms with Crippen LogP contribution in [0.2, 0.25) is 0 Å². The topological polar surface area (TPSA) is 64.9 Å². The van der Waals surface area contributed by atoms with E-state index in [9.17, 15) is 0 Å². The predicted molar refractivity (Wildman–Crippen MR) is 72.2 cm³/mol. The van der Waals surface area contributed by atoms with Crippen LogP contribution in [0.3, 0.4) is 0 Å². The summed E-state index contributed by atoms with van der Waals surface area (Å²) in [5.41, 5.74) is 7.28. The fourth-order valence-electron chi connectivity index (χ4n) is 1.67. The molecule has 0 unspecified atom stereocenters. The third kappa shape index (κ3) is 2.00. The van der Waals surface area contributed by atoms with Gasteiger partial charge in [0.05, 0.1) is 4.88 Å². The van der Waals surface area contributed by atoms with Crippen LogP contribution in [0.15, 0.2) is 40.9 Å². The van der Waals surface area contributed by atoms with Gasteiger partial charge in [0.1, 0.15) is 0 Å². The van der Waals surface area contributed by atoms with E-state index in [1.165, 1.54) is 4.88 Å². The van der Waals surface area contributed by atoms with Gasteiger partial charge < -0.3 is 10.3 Å². The first-order valence-corrected chi connectivity index (χ1v) is 6.30. The third-order valence-electron chi connectivity index (χ3n) is 2.52. The number of hydrogen-bond acceptors (Lipinski definition) is 5. The smallest absolute Gasteiger partial charge is 0.268 e. The van der Waals surface area contributed by atoms with Gasteiger partial charge in [-0.05, 0) is 31.2 Å². The number of nitrogen functional groups attached to an aromatic ring is 1. The van der Waals surface area contributed by atoms with Crippen molar-refractivity contribution in [3.05, 3.63) is 41.3 Å². The average molecular weight is 257 g/mol. The van der Waals surface area contributed by atoms with Gasteiger partial charge >= 0.3 is 0 Å². The maximum absolute atomic E-state index is 5.73. The van der Waals surface area contributed by atoms with Gasteiger partial charge in [0, 0.05) is 16.1 Å². The lowest BCUT2D eigenvalue weighted by molar-refractivity contribution is 0.433. The van der Waals surface area contributed by atoms with Crippen molar-refractivity contribution in [3.63, 3.8) is 0 Å². The van der Waals surface area contributed by atoms with E-state index in [0.717, 1.165) is 10.4 Å². The molecule has 0 atom stereocenters. The molecule has 2 heterocycles. The third-order valence-corrected chi connectivity index (χ3v) is 3.51. The second kappa shape index (κ2) is 4.27. The first-order valence-electron chi connectivity index (χ1n) is 5.49. The quantitative estimate of drug-likeness (QED) is 0.715. The second-order valence-corrected chi connectivity index (χ2v) is 5.25. The Bertz CT molecular complexity index is 687. The number of aryl methyl sites for hydroxylation is 1. The fourth-order valence-corrected chi connectivity index (χ4v) is 2.46. The van der Waals surface area contributed by atoms with Crippen molar-refractivity contribution in [2.45, 2.75) is 6.92 Å². The number of anilines is 1. The number of rotatable bonds is 2. The number of thiophene rings is 1.